The largest absolute Gasteiger partial charge is 0.276 e. The highest BCUT2D eigenvalue weighted by atomic mass is 79.9. The number of rotatable bonds is 2. The summed E-state index contributed by atoms with van der Waals surface area (Å²) in [6.07, 6.45) is 1.84. The number of hydrogen-bond acceptors (Lipinski definition) is 6. The van der Waals surface area contributed by atoms with Gasteiger partial charge in [-0.15, -0.1) is 32.9 Å². The smallest absolute Gasteiger partial charge is 0.160 e. The molecule has 28 heavy (non-hydrogen) atoms. The monoisotopic (exact) mass is 469 g/mol. The van der Waals surface area contributed by atoms with Crippen LogP contribution in [0.4, 0.5) is 0 Å². The Hall–Kier alpha value is -2.16. The van der Waals surface area contributed by atoms with Crippen molar-refractivity contribution in [3.05, 3.63) is 67.5 Å². The molecular weight excluding hydrogens is 454 g/mol. The first-order chi connectivity index (χ1) is 13.5. The number of nitrogens with zero attached hydrogens (tertiary/aromatic N) is 5. The van der Waals surface area contributed by atoms with Crippen molar-refractivity contribution in [2.75, 3.05) is 0 Å². The Bertz CT molecular complexity index is 1230. The van der Waals surface area contributed by atoms with Crippen LogP contribution in [0, 0.1) is 20.8 Å². The normalized spacial score (nSPS) is 13.1. The van der Waals surface area contributed by atoms with Gasteiger partial charge in [0.15, 0.2) is 5.82 Å². The van der Waals surface area contributed by atoms with E-state index in [1.165, 1.54) is 16.0 Å². The van der Waals surface area contributed by atoms with Crippen molar-refractivity contribution in [3.8, 4) is 15.6 Å². The Morgan fingerprint density at radius 1 is 1.00 bits per heavy atom. The number of thiazole rings is 1. The highest BCUT2D eigenvalue weighted by Crippen LogP contribution is 2.36. The lowest BCUT2D eigenvalue weighted by Gasteiger charge is -2.09. The minimum Gasteiger partial charge on any atom is -0.276 e. The number of thiophene rings is 1. The summed E-state index contributed by atoms with van der Waals surface area (Å²) in [5, 5.41) is 10.8. The molecule has 1 aliphatic rings. The van der Waals surface area contributed by atoms with Crippen LogP contribution in [0.5, 0.6) is 0 Å². The molecule has 1 aromatic carbocycles. The quantitative estimate of drug-likeness (QED) is 0.389. The standard InChI is InChI=1S/C20H16BrN5S2/c1-10-11(2)27-20-17(10)18(22-9-16-25-24-12(3)26(16)20)13-4-6-14(7-5-13)19-23-8-15(21)28-19/h4-8H,9H2,1-3H3. The summed E-state index contributed by atoms with van der Waals surface area (Å²) in [5.41, 5.74) is 5.70. The molecule has 5 nitrogen and oxygen atoms in total. The van der Waals surface area contributed by atoms with Gasteiger partial charge in [-0.05, 0) is 42.3 Å². The molecule has 0 fully saturated rings. The SMILES string of the molecule is Cc1sc2c(c1C)C(c1ccc(-c3ncc(Br)s3)cc1)=NCc1nnc(C)n1-2. The first-order valence-corrected chi connectivity index (χ1v) is 11.2. The topological polar surface area (TPSA) is 56.0 Å². The van der Waals surface area contributed by atoms with Gasteiger partial charge in [0.2, 0.25) is 0 Å². The molecule has 0 unspecified atom stereocenters. The van der Waals surface area contributed by atoms with Crippen LogP contribution in [0.1, 0.15) is 33.2 Å². The second-order valence-electron chi connectivity index (χ2n) is 6.67. The molecule has 0 saturated carbocycles. The number of halogens is 1. The number of aromatic nitrogens is 4. The fourth-order valence-electron chi connectivity index (χ4n) is 3.44. The molecule has 0 radical (unpaired) electrons. The van der Waals surface area contributed by atoms with E-state index in [0.29, 0.717) is 6.54 Å². The van der Waals surface area contributed by atoms with Crippen molar-refractivity contribution in [2.24, 2.45) is 4.99 Å². The van der Waals surface area contributed by atoms with Gasteiger partial charge in [0, 0.05) is 21.6 Å². The Morgan fingerprint density at radius 2 is 1.75 bits per heavy atom. The highest BCUT2D eigenvalue weighted by Gasteiger charge is 2.26. The van der Waals surface area contributed by atoms with Crippen molar-refractivity contribution < 1.29 is 0 Å². The summed E-state index contributed by atoms with van der Waals surface area (Å²) >= 11 is 6.90. The van der Waals surface area contributed by atoms with Gasteiger partial charge in [0.05, 0.1) is 15.7 Å². The summed E-state index contributed by atoms with van der Waals surface area (Å²) in [7, 11) is 0. The molecule has 0 amide bonds. The van der Waals surface area contributed by atoms with Crippen molar-refractivity contribution in [2.45, 2.75) is 27.3 Å². The second kappa shape index (κ2) is 6.72. The predicted octanol–water partition coefficient (Wildman–Crippen LogP) is 5.49. The molecule has 1 aliphatic heterocycles. The van der Waals surface area contributed by atoms with E-state index in [-0.39, 0.29) is 0 Å². The molecular formula is C20H16BrN5S2. The van der Waals surface area contributed by atoms with Crippen molar-refractivity contribution in [1.29, 1.82) is 0 Å². The molecule has 140 valence electrons. The third kappa shape index (κ3) is 2.78. The first-order valence-electron chi connectivity index (χ1n) is 8.81. The summed E-state index contributed by atoms with van der Waals surface area (Å²) in [4.78, 5) is 10.7. The third-order valence-electron chi connectivity index (χ3n) is 4.96. The van der Waals surface area contributed by atoms with Crippen LogP contribution in [-0.2, 0) is 6.54 Å². The van der Waals surface area contributed by atoms with Crippen molar-refractivity contribution >= 4 is 44.3 Å². The molecule has 3 aromatic heterocycles. The van der Waals surface area contributed by atoms with E-state index in [1.54, 1.807) is 22.7 Å². The predicted molar refractivity (Wildman–Crippen MR) is 118 cm³/mol. The van der Waals surface area contributed by atoms with E-state index in [0.717, 1.165) is 42.3 Å². The maximum Gasteiger partial charge on any atom is 0.160 e. The average molecular weight is 470 g/mol. The molecule has 4 aromatic rings. The van der Waals surface area contributed by atoms with Gasteiger partial charge in [-0.25, -0.2) is 4.98 Å². The lowest BCUT2D eigenvalue weighted by atomic mass is 9.99. The van der Waals surface area contributed by atoms with Gasteiger partial charge < -0.3 is 0 Å². The number of aryl methyl sites for hydroxylation is 2. The molecule has 8 heteroatoms. The number of hydrogen-bond donors (Lipinski definition) is 0. The minimum absolute atomic E-state index is 0.525. The van der Waals surface area contributed by atoms with E-state index in [2.05, 4.69) is 73.8 Å². The summed E-state index contributed by atoms with van der Waals surface area (Å²) < 4.78 is 3.19. The number of aliphatic imine (C=N–C) groups is 1. The van der Waals surface area contributed by atoms with Gasteiger partial charge >= 0.3 is 0 Å². The maximum atomic E-state index is 4.95. The number of fused-ring (bicyclic) bond motifs is 3. The molecule has 0 N–H and O–H groups in total. The average Bonchev–Trinajstić information content (AvgIpc) is 3.32. The van der Waals surface area contributed by atoms with Crippen molar-refractivity contribution in [3.63, 3.8) is 0 Å². The van der Waals surface area contributed by atoms with Crippen LogP contribution in [0.15, 0.2) is 39.2 Å². The van der Waals surface area contributed by atoms with E-state index in [1.807, 2.05) is 13.1 Å². The van der Waals surface area contributed by atoms with Gasteiger partial charge in [0.1, 0.15) is 22.4 Å². The fourth-order valence-corrected chi connectivity index (χ4v) is 5.88. The third-order valence-corrected chi connectivity index (χ3v) is 7.68. The highest BCUT2D eigenvalue weighted by molar-refractivity contribution is 9.11. The zero-order chi connectivity index (χ0) is 19.4. The van der Waals surface area contributed by atoms with Gasteiger partial charge in [0.25, 0.3) is 0 Å². The van der Waals surface area contributed by atoms with Crippen LogP contribution in [0.25, 0.3) is 15.6 Å². The molecule has 0 saturated heterocycles. The van der Waals surface area contributed by atoms with Crippen LogP contribution in [-0.4, -0.2) is 25.5 Å². The summed E-state index contributed by atoms with van der Waals surface area (Å²) in [6.45, 7) is 6.86. The van der Waals surface area contributed by atoms with Crippen LogP contribution < -0.4 is 0 Å². The number of benzene rings is 1. The van der Waals surface area contributed by atoms with Crippen LogP contribution >= 0.6 is 38.6 Å². The molecule has 0 aliphatic carbocycles. The summed E-state index contributed by atoms with van der Waals surface area (Å²) in [5.74, 6) is 1.79. The Labute approximate surface area is 179 Å². The van der Waals surface area contributed by atoms with E-state index in [4.69, 9.17) is 4.99 Å². The lowest BCUT2D eigenvalue weighted by molar-refractivity contribution is 0.869. The molecule has 5 rings (SSSR count). The van der Waals surface area contributed by atoms with E-state index < -0.39 is 0 Å². The molecule has 0 spiro atoms. The summed E-state index contributed by atoms with van der Waals surface area (Å²) in [6, 6.07) is 8.51. The fraction of sp³-hybridized carbons (Fsp3) is 0.200. The Balaban J connectivity index is 1.64. The zero-order valence-corrected chi connectivity index (χ0v) is 18.7. The molecule has 4 heterocycles. The van der Waals surface area contributed by atoms with Gasteiger partial charge in [-0.2, -0.15) is 0 Å². The van der Waals surface area contributed by atoms with Gasteiger partial charge in [-0.1, -0.05) is 24.3 Å². The maximum absolute atomic E-state index is 4.95. The lowest BCUT2D eigenvalue weighted by Crippen LogP contribution is -2.07. The van der Waals surface area contributed by atoms with Crippen molar-refractivity contribution in [1.82, 2.24) is 19.7 Å². The molecule has 0 atom stereocenters. The Morgan fingerprint density at radius 3 is 2.46 bits per heavy atom. The minimum atomic E-state index is 0.525. The zero-order valence-electron chi connectivity index (χ0n) is 15.5. The van der Waals surface area contributed by atoms with Crippen LogP contribution in [0.3, 0.4) is 0 Å². The van der Waals surface area contributed by atoms with Crippen LogP contribution in [0.2, 0.25) is 0 Å². The molecule has 0 bridgehead atoms. The van der Waals surface area contributed by atoms with E-state index in [9.17, 15) is 0 Å². The first kappa shape index (κ1) is 17.9. The van der Waals surface area contributed by atoms with E-state index >= 15 is 0 Å². The Kier molecular flexibility index (Phi) is 4.30. The van der Waals surface area contributed by atoms with Gasteiger partial charge in [-0.3, -0.25) is 9.56 Å². The second-order valence-corrected chi connectivity index (χ2v) is 10.3.